The third-order valence-electron chi connectivity index (χ3n) is 5.27. The molecule has 2 saturated heterocycles. The van der Waals surface area contributed by atoms with Gasteiger partial charge in [-0.05, 0) is 24.8 Å². The zero-order valence-corrected chi connectivity index (χ0v) is 13.1. The molecular weight excluding hydrogens is 262 g/mol. The van der Waals surface area contributed by atoms with Crippen molar-refractivity contribution in [3.8, 4) is 0 Å². The zero-order valence-electron chi connectivity index (χ0n) is 13.1. The maximum Gasteiger partial charge on any atom is 0.319 e. The second-order valence-corrected chi connectivity index (χ2v) is 6.50. The van der Waals surface area contributed by atoms with Gasteiger partial charge >= 0.3 is 6.03 Å². The number of hydrogen-bond donors (Lipinski definition) is 0. The number of nitrogens with zero attached hydrogens (tertiary/aromatic N) is 3. The van der Waals surface area contributed by atoms with Crippen LogP contribution in [0.15, 0.2) is 30.3 Å². The van der Waals surface area contributed by atoms with E-state index in [0.29, 0.717) is 0 Å². The molecule has 2 amide bonds. The molecule has 0 unspecified atom stereocenters. The number of amides is 2. The van der Waals surface area contributed by atoms with Crippen molar-refractivity contribution in [1.82, 2.24) is 14.7 Å². The van der Waals surface area contributed by atoms with E-state index in [9.17, 15) is 4.79 Å². The van der Waals surface area contributed by atoms with Gasteiger partial charge in [-0.3, -0.25) is 4.90 Å². The second kappa shape index (κ2) is 5.68. The normalized spacial score (nSPS) is 22.9. The number of rotatable bonds is 2. The van der Waals surface area contributed by atoms with E-state index >= 15 is 0 Å². The summed E-state index contributed by atoms with van der Waals surface area (Å²) in [6, 6.07) is 10.8. The van der Waals surface area contributed by atoms with Gasteiger partial charge < -0.3 is 9.80 Å². The quantitative estimate of drug-likeness (QED) is 0.835. The van der Waals surface area contributed by atoms with Crippen LogP contribution < -0.4 is 0 Å². The summed E-state index contributed by atoms with van der Waals surface area (Å²) in [5, 5.41) is 0. The topological polar surface area (TPSA) is 26.8 Å². The summed E-state index contributed by atoms with van der Waals surface area (Å²) in [5.74, 6) is 0. The van der Waals surface area contributed by atoms with Gasteiger partial charge in [0.15, 0.2) is 0 Å². The number of benzene rings is 1. The molecule has 0 bridgehead atoms. The lowest BCUT2D eigenvalue weighted by Crippen LogP contribution is -2.62. The molecule has 2 aliphatic rings. The number of piperidine rings is 1. The highest BCUT2D eigenvalue weighted by Crippen LogP contribution is 2.35. The van der Waals surface area contributed by atoms with E-state index in [1.165, 1.54) is 5.56 Å². The van der Waals surface area contributed by atoms with Gasteiger partial charge in [0.25, 0.3) is 0 Å². The van der Waals surface area contributed by atoms with Gasteiger partial charge in [-0.2, -0.15) is 0 Å². The molecular formula is C17H25N3O. The second-order valence-electron chi connectivity index (χ2n) is 6.50. The van der Waals surface area contributed by atoms with Crippen molar-refractivity contribution in [3.63, 3.8) is 0 Å². The molecule has 2 heterocycles. The maximum absolute atomic E-state index is 12.2. The van der Waals surface area contributed by atoms with E-state index in [2.05, 4.69) is 35.2 Å². The number of likely N-dealkylation sites (tertiary alicyclic amines) is 1. The largest absolute Gasteiger partial charge is 0.328 e. The minimum atomic E-state index is 0.0940. The molecule has 4 nitrogen and oxygen atoms in total. The fourth-order valence-corrected chi connectivity index (χ4v) is 3.65. The van der Waals surface area contributed by atoms with Crippen LogP contribution in [-0.2, 0) is 6.54 Å². The van der Waals surface area contributed by atoms with Crippen LogP contribution in [0.2, 0.25) is 0 Å². The summed E-state index contributed by atoms with van der Waals surface area (Å²) < 4.78 is 0. The van der Waals surface area contributed by atoms with E-state index in [1.54, 1.807) is 0 Å². The highest BCUT2D eigenvalue weighted by molar-refractivity contribution is 5.75. The molecule has 2 fully saturated rings. The first-order valence-corrected chi connectivity index (χ1v) is 7.86. The standard InChI is InChI=1S/C17H25N3O/c1-18-11-8-17(19(2)16(18)21)9-12-20(13-10-17)14-15-6-4-3-5-7-15/h3-7H,8-14H2,1-2H3. The third kappa shape index (κ3) is 2.77. The minimum Gasteiger partial charge on any atom is -0.328 e. The zero-order chi connectivity index (χ0) is 14.9. The van der Waals surface area contributed by atoms with E-state index in [-0.39, 0.29) is 11.6 Å². The van der Waals surface area contributed by atoms with Crippen LogP contribution in [0, 0.1) is 0 Å². The van der Waals surface area contributed by atoms with E-state index in [4.69, 9.17) is 0 Å². The molecule has 1 aromatic rings. The Bertz CT molecular complexity index is 494. The summed E-state index contributed by atoms with van der Waals surface area (Å²) in [4.78, 5) is 18.6. The molecule has 2 aliphatic heterocycles. The highest BCUT2D eigenvalue weighted by atomic mass is 16.2. The molecule has 3 rings (SSSR count). The first-order chi connectivity index (χ1) is 10.1. The van der Waals surface area contributed by atoms with Crippen molar-refractivity contribution in [2.45, 2.75) is 31.3 Å². The minimum absolute atomic E-state index is 0.0940. The Balaban J connectivity index is 1.61. The van der Waals surface area contributed by atoms with Crippen LogP contribution >= 0.6 is 0 Å². The molecule has 1 spiro atoms. The monoisotopic (exact) mass is 287 g/mol. The van der Waals surface area contributed by atoms with Crippen LogP contribution in [0.3, 0.4) is 0 Å². The van der Waals surface area contributed by atoms with Crippen molar-refractivity contribution in [2.24, 2.45) is 0 Å². The molecule has 0 atom stereocenters. The Hall–Kier alpha value is -1.55. The molecule has 0 N–H and O–H groups in total. The van der Waals surface area contributed by atoms with Gasteiger partial charge in [0, 0.05) is 45.8 Å². The van der Waals surface area contributed by atoms with Crippen molar-refractivity contribution in [3.05, 3.63) is 35.9 Å². The lowest BCUT2D eigenvalue weighted by molar-refractivity contribution is 0.0145. The average molecular weight is 287 g/mol. The van der Waals surface area contributed by atoms with Gasteiger partial charge in [0.2, 0.25) is 0 Å². The molecule has 0 radical (unpaired) electrons. The Morgan fingerprint density at radius 1 is 1.00 bits per heavy atom. The van der Waals surface area contributed by atoms with Gasteiger partial charge in [-0.15, -0.1) is 0 Å². The molecule has 114 valence electrons. The molecule has 21 heavy (non-hydrogen) atoms. The average Bonchev–Trinajstić information content (AvgIpc) is 2.52. The van der Waals surface area contributed by atoms with Gasteiger partial charge in [-0.25, -0.2) is 4.79 Å². The summed E-state index contributed by atoms with van der Waals surface area (Å²) in [5.41, 5.74) is 1.47. The van der Waals surface area contributed by atoms with Gasteiger partial charge in [0.05, 0.1) is 0 Å². The van der Waals surface area contributed by atoms with Crippen molar-refractivity contribution in [1.29, 1.82) is 0 Å². The summed E-state index contributed by atoms with van der Waals surface area (Å²) >= 11 is 0. The third-order valence-corrected chi connectivity index (χ3v) is 5.27. The predicted molar refractivity (Wildman–Crippen MR) is 84.1 cm³/mol. The van der Waals surface area contributed by atoms with Crippen LogP contribution in [0.25, 0.3) is 0 Å². The molecule has 4 heteroatoms. The fraction of sp³-hybridized carbons (Fsp3) is 0.588. The van der Waals surface area contributed by atoms with Gasteiger partial charge in [0.1, 0.15) is 0 Å². The lowest BCUT2D eigenvalue weighted by Gasteiger charge is -2.51. The molecule has 0 aliphatic carbocycles. The van der Waals surface area contributed by atoms with Crippen LogP contribution in [-0.4, -0.2) is 60.0 Å². The molecule has 1 aromatic carbocycles. The Labute approximate surface area is 127 Å². The number of hydrogen-bond acceptors (Lipinski definition) is 2. The number of carbonyl (C=O) groups excluding carboxylic acids is 1. The number of carbonyl (C=O) groups is 1. The van der Waals surface area contributed by atoms with Crippen molar-refractivity contribution < 1.29 is 4.79 Å². The first-order valence-electron chi connectivity index (χ1n) is 7.86. The predicted octanol–water partition coefficient (Wildman–Crippen LogP) is 2.41. The smallest absolute Gasteiger partial charge is 0.319 e. The maximum atomic E-state index is 12.2. The van der Waals surface area contributed by atoms with Crippen molar-refractivity contribution >= 4 is 6.03 Å². The van der Waals surface area contributed by atoms with Crippen molar-refractivity contribution in [2.75, 3.05) is 33.7 Å². The summed E-state index contributed by atoms with van der Waals surface area (Å²) in [7, 11) is 3.88. The Morgan fingerprint density at radius 2 is 1.62 bits per heavy atom. The lowest BCUT2D eigenvalue weighted by atomic mass is 9.81. The van der Waals surface area contributed by atoms with E-state index in [1.807, 2.05) is 23.9 Å². The molecule has 0 aromatic heterocycles. The Kier molecular flexibility index (Phi) is 3.89. The SMILES string of the molecule is CN1CCC2(CCN(Cc3ccccc3)CC2)N(C)C1=O. The first kappa shape index (κ1) is 14.4. The van der Waals surface area contributed by atoms with Crippen LogP contribution in [0.5, 0.6) is 0 Å². The summed E-state index contributed by atoms with van der Waals surface area (Å²) in [6.45, 7) is 4.07. The highest BCUT2D eigenvalue weighted by Gasteiger charge is 2.44. The fourth-order valence-electron chi connectivity index (χ4n) is 3.65. The Morgan fingerprint density at radius 3 is 2.29 bits per heavy atom. The number of urea groups is 1. The van der Waals surface area contributed by atoms with Gasteiger partial charge in [-0.1, -0.05) is 30.3 Å². The van der Waals surface area contributed by atoms with E-state index < -0.39 is 0 Å². The summed E-state index contributed by atoms with van der Waals surface area (Å²) in [6.07, 6.45) is 3.29. The van der Waals surface area contributed by atoms with E-state index in [0.717, 1.165) is 45.4 Å². The van der Waals surface area contributed by atoms with Crippen LogP contribution in [0.1, 0.15) is 24.8 Å². The van der Waals surface area contributed by atoms with Crippen LogP contribution in [0.4, 0.5) is 4.79 Å². The molecule has 0 saturated carbocycles.